The topological polar surface area (TPSA) is 95.7 Å². The van der Waals surface area contributed by atoms with Crippen LogP contribution in [0.3, 0.4) is 0 Å². The van der Waals surface area contributed by atoms with Gasteiger partial charge in [-0.2, -0.15) is 0 Å². The van der Waals surface area contributed by atoms with E-state index in [0.717, 1.165) is 5.69 Å². The molecule has 1 aromatic carbocycles. The summed E-state index contributed by atoms with van der Waals surface area (Å²) in [6.07, 6.45) is 0.687. The molecule has 1 unspecified atom stereocenters. The van der Waals surface area contributed by atoms with Gasteiger partial charge in [0.25, 0.3) is 0 Å². The highest BCUT2D eigenvalue weighted by Gasteiger charge is 2.28. The molecular formula is C13H17N3O3. The largest absolute Gasteiger partial charge is 0.478 e. The molecule has 0 spiro atoms. The Hall–Kier alpha value is -2.24. The third kappa shape index (κ3) is 2.47. The van der Waals surface area contributed by atoms with Crippen LogP contribution in [-0.4, -0.2) is 36.1 Å². The fraction of sp³-hybridized carbons (Fsp3) is 0.385. The van der Waals surface area contributed by atoms with Crippen molar-refractivity contribution in [3.63, 3.8) is 0 Å². The first-order valence-corrected chi connectivity index (χ1v) is 6.21. The van der Waals surface area contributed by atoms with E-state index in [4.69, 9.17) is 10.8 Å². The highest BCUT2D eigenvalue weighted by molar-refractivity contribution is 5.95. The summed E-state index contributed by atoms with van der Waals surface area (Å²) < 4.78 is 0. The zero-order valence-corrected chi connectivity index (χ0v) is 10.7. The molecule has 1 amide bonds. The fourth-order valence-electron chi connectivity index (χ4n) is 2.35. The lowest BCUT2D eigenvalue weighted by molar-refractivity contribution is -0.123. The van der Waals surface area contributed by atoms with Gasteiger partial charge < -0.3 is 21.1 Å². The molecule has 102 valence electrons. The minimum atomic E-state index is -1.05. The van der Waals surface area contributed by atoms with Crippen LogP contribution in [0.4, 0.5) is 11.4 Å². The summed E-state index contributed by atoms with van der Waals surface area (Å²) in [5.74, 6) is -1.05. The second-order valence-electron chi connectivity index (χ2n) is 4.49. The number of piperazine rings is 1. The number of benzene rings is 1. The number of aromatic carboxylic acids is 1. The van der Waals surface area contributed by atoms with Crippen molar-refractivity contribution in [2.75, 3.05) is 23.7 Å². The molecule has 4 N–H and O–H groups in total. The van der Waals surface area contributed by atoms with E-state index < -0.39 is 5.97 Å². The van der Waals surface area contributed by atoms with Crippen molar-refractivity contribution in [2.45, 2.75) is 19.4 Å². The summed E-state index contributed by atoms with van der Waals surface area (Å²) in [6, 6.07) is 4.56. The number of nitrogens with zero attached hydrogens (tertiary/aromatic N) is 1. The number of carbonyl (C=O) groups is 2. The zero-order chi connectivity index (χ0) is 14.0. The Labute approximate surface area is 111 Å². The number of carboxylic acid groups (broad SMARTS) is 1. The number of nitrogen functional groups attached to an aromatic ring is 1. The predicted octanol–water partition coefficient (Wildman–Crippen LogP) is 0.682. The summed E-state index contributed by atoms with van der Waals surface area (Å²) in [6.45, 7) is 3.21. The van der Waals surface area contributed by atoms with Gasteiger partial charge in [0, 0.05) is 24.5 Å². The van der Waals surface area contributed by atoms with E-state index >= 15 is 0 Å². The van der Waals surface area contributed by atoms with E-state index in [9.17, 15) is 9.59 Å². The van der Waals surface area contributed by atoms with Crippen LogP contribution in [-0.2, 0) is 4.79 Å². The number of nitrogens with one attached hydrogen (secondary N) is 1. The number of carboxylic acids is 1. The van der Waals surface area contributed by atoms with E-state index in [0.29, 0.717) is 19.5 Å². The van der Waals surface area contributed by atoms with Gasteiger partial charge in [0.05, 0.1) is 5.56 Å². The van der Waals surface area contributed by atoms with Gasteiger partial charge in [0.15, 0.2) is 0 Å². The SMILES string of the molecule is CCC1C(=O)NCCN1c1ccc(C(=O)O)c(N)c1. The van der Waals surface area contributed by atoms with Crippen LogP contribution >= 0.6 is 0 Å². The van der Waals surface area contributed by atoms with Gasteiger partial charge in [0.2, 0.25) is 5.91 Å². The van der Waals surface area contributed by atoms with Gasteiger partial charge in [-0.3, -0.25) is 4.79 Å². The quantitative estimate of drug-likeness (QED) is 0.697. The van der Waals surface area contributed by atoms with Crippen molar-refractivity contribution >= 4 is 23.3 Å². The second kappa shape index (κ2) is 5.17. The number of anilines is 2. The van der Waals surface area contributed by atoms with E-state index in [2.05, 4.69) is 5.32 Å². The molecule has 19 heavy (non-hydrogen) atoms. The van der Waals surface area contributed by atoms with Crippen LogP contribution in [0.15, 0.2) is 18.2 Å². The van der Waals surface area contributed by atoms with Crippen molar-refractivity contribution in [1.82, 2.24) is 5.32 Å². The average molecular weight is 263 g/mol. The van der Waals surface area contributed by atoms with Crippen molar-refractivity contribution in [3.8, 4) is 0 Å². The van der Waals surface area contributed by atoms with Crippen LogP contribution < -0.4 is 16.0 Å². The molecule has 1 heterocycles. The van der Waals surface area contributed by atoms with Gasteiger partial charge in [-0.15, -0.1) is 0 Å². The minimum Gasteiger partial charge on any atom is -0.478 e. The number of hydrogen-bond donors (Lipinski definition) is 3. The molecule has 0 radical (unpaired) electrons. The molecule has 1 aromatic rings. The molecule has 1 atom stereocenters. The highest BCUT2D eigenvalue weighted by atomic mass is 16.4. The number of amides is 1. The maximum atomic E-state index is 11.8. The standard InChI is InChI=1S/C13H17N3O3/c1-2-11-12(17)15-5-6-16(11)8-3-4-9(13(18)19)10(14)7-8/h3-4,7,11H,2,5-6,14H2,1H3,(H,15,17)(H,18,19). The summed E-state index contributed by atoms with van der Waals surface area (Å²) in [5, 5.41) is 11.8. The molecule has 1 fully saturated rings. The smallest absolute Gasteiger partial charge is 0.337 e. The third-order valence-corrected chi connectivity index (χ3v) is 3.31. The summed E-state index contributed by atoms with van der Waals surface area (Å²) >= 11 is 0. The Kier molecular flexibility index (Phi) is 3.59. The van der Waals surface area contributed by atoms with E-state index in [1.54, 1.807) is 12.1 Å². The highest BCUT2D eigenvalue weighted by Crippen LogP contribution is 2.25. The lowest BCUT2D eigenvalue weighted by Gasteiger charge is -2.36. The van der Waals surface area contributed by atoms with E-state index in [-0.39, 0.29) is 23.2 Å². The van der Waals surface area contributed by atoms with Gasteiger partial charge in [-0.25, -0.2) is 4.79 Å². The molecule has 6 heteroatoms. The van der Waals surface area contributed by atoms with Crippen LogP contribution in [0.5, 0.6) is 0 Å². The van der Waals surface area contributed by atoms with E-state index in [1.165, 1.54) is 6.07 Å². The molecule has 1 aliphatic rings. The second-order valence-corrected chi connectivity index (χ2v) is 4.49. The van der Waals surface area contributed by atoms with Crippen LogP contribution in [0.2, 0.25) is 0 Å². The monoisotopic (exact) mass is 263 g/mol. The molecule has 1 aliphatic heterocycles. The Morgan fingerprint density at radius 2 is 2.32 bits per heavy atom. The Morgan fingerprint density at radius 1 is 1.58 bits per heavy atom. The number of hydrogen-bond acceptors (Lipinski definition) is 4. The molecule has 2 rings (SSSR count). The van der Waals surface area contributed by atoms with Gasteiger partial charge >= 0.3 is 5.97 Å². The van der Waals surface area contributed by atoms with Crippen molar-refractivity contribution in [1.29, 1.82) is 0 Å². The molecule has 1 saturated heterocycles. The first kappa shape index (κ1) is 13.2. The van der Waals surface area contributed by atoms with Crippen LogP contribution in [0.25, 0.3) is 0 Å². The van der Waals surface area contributed by atoms with Crippen LogP contribution in [0, 0.1) is 0 Å². The Bertz CT molecular complexity index is 516. The maximum absolute atomic E-state index is 11.8. The van der Waals surface area contributed by atoms with Gasteiger partial charge in [-0.05, 0) is 24.6 Å². The summed E-state index contributed by atoms with van der Waals surface area (Å²) in [5.41, 5.74) is 6.82. The van der Waals surface area contributed by atoms with Gasteiger partial charge in [0.1, 0.15) is 6.04 Å². The lowest BCUT2D eigenvalue weighted by atomic mass is 10.1. The predicted molar refractivity (Wildman–Crippen MR) is 72.2 cm³/mol. The zero-order valence-electron chi connectivity index (χ0n) is 10.7. The summed E-state index contributed by atoms with van der Waals surface area (Å²) in [7, 11) is 0. The van der Waals surface area contributed by atoms with Crippen molar-refractivity contribution < 1.29 is 14.7 Å². The number of carbonyl (C=O) groups excluding carboxylic acids is 1. The summed E-state index contributed by atoms with van der Waals surface area (Å²) in [4.78, 5) is 24.7. The first-order valence-electron chi connectivity index (χ1n) is 6.21. The molecule has 0 aliphatic carbocycles. The number of nitrogens with two attached hydrogens (primary N) is 1. The molecule has 0 bridgehead atoms. The number of rotatable bonds is 3. The lowest BCUT2D eigenvalue weighted by Crippen LogP contribution is -2.55. The van der Waals surface area contributed by atoms with Crippen LogP contribution in [0.1, 0.15) is 23.7 Å². The molecule has 0 saturated carbocycles. The minimum absolute atomic E-state index is 0.00497. The van der Waals surface area contributed by atoms with Gasteiger partial charge in [-0.1, -0.05) is 6.92 Å². The van der Waals surface area contributed by atoms with E-state index in [1.807, 2.05) is 11.8 Å². The average Bonchev–Trinajstić information content (AvgIpc) is 2.37. The Balaban J connectivity index is 2.33. The van der Waals surface area contributed by atoms with Crippen molar-refractivity contribution in [3.05, 3.63) is 23.8 Å². The normalized spacial score (nSPS) is 19.1. The fourth-order valence-corrected chi connectivity index (χ4v) is 2.35. The third-order valence-electron chi connectivity index (χ3n) is 3.31. The van der Waals surface area contributed by atoms with Crippen molar-refractivity contribution in [2.24, 2.45) is 0 Å². The Morgan fingerprint density at radius 3 is 2.89 bits per heavy atom. The maximum Gasteiger partial charge on any atom is 0.337 e. The first-order chi connectivity index (χ1) is 9.04. The molecule has 6 nitrogen and oxygen atoms in total. The molecular weight excluding hydrogens is 246 g/mol. The molecule has 0 aromatic heterocycles.